The van der Waals surface area contributed by atoms with E-state index in [0.29, 0.717) is 53.3 Å². The molecule has 10 rings (SSSR count). The van der Waals surface area contributed by atoms with E-state index in [1.54, 1.807) is 12.1 Å². The number of carboxylic acids is 4. The van der Waals surface area contributed by atoms with Crippen molar-refractivity contribution in [2.24, 2.45) is 0 Å². The zero-order chi connectivity index (χ0) is 51.2. The van der Waals surface area contributed by atoms with E-state index in [9.17, 15) is 38.4 Å². The highest BCUT2D eigenvalue weighted by Crippen LogP contribution is 2.37. The van der Waals surface area contributed by atoms with Gasteiger partial charge in [-0.1, -0.05) is 18.2 Å². The number of carbonyl (C=O) groups is 8. The van der Waals surface area contributed by atoms with E-state index in [4.69, 9.17) is 36.0 Å². The molecule has 0 radical (unpaired) electrons. The monoisotopic (exact) mass is 984 g/mol. The second kappa shape index (κ2) is 21.4. The largest absolute Gasteiger partial charge is 0.478 e. The van der Waals surface area contributed by atoms with Gasteiger partial charge in [-0.3, -0.25) is 39.2 Å². The highest BCUT2D eigenvalue weighted by molar-refractivity contribution is 6.23. The van der Waals surface area contributed by atoms with Crippen molar-refractivity contribution >= 4 is 70.0 Å². The number of anilines is 2. The molecule has 1 unspecified atom stereocenters. The van der Waals surface area contributed by atoms with Crippen molar-refractivity contribution in [1.29, 1.82) is 0 Å². The lowest BCUT2D eigenvalue weighted by molar-refractivity contribution is -0.136. The van der Waals surface area contributed by atoms with Crippen LogP contribution in [0.5, 0.6) is 11.5 Å². The van der Waals surface area contributed by atoms with E-state index in [2.05, 4.69) is 34.7 Å². The summed E-state index contributed by atoms with van der Waals surface area (Å²) in [6.07, 6.45) is 5.89. The number of likely N-dealkylation sites (tertiary alicyclic amines) is 2. The van der Waals surface area contributed by atoms with Crippen molar-refractivity contribution in [3.8, 4) is 22.8 Å². The van der Waals surface area contributed by atoms with Gasteiger partial charge < -0.3 is 35.8 Å². The van der Waals surface area contributed by atoms with Crippen molar-refractivity contribution in [1.82, 2.24) is 39.8 Å². The summed E-state index contributed by atoms with van der Waals surface area (Å²) < 4.78 is 8.05. The minimum Gasteiger partial charge on any atom is -0.478 e. The molecule has 2 aromatic heterocycles. The number of nitrogens with zero attached hydrogens (tertiary/aromatic N) is 8. The van der Waals surface area contributed by atoms with Gasteiger partial charge in [-0.15, -0.1) is 0 Å². The highest BCUT2D eigenvalue weighted by Gasteiger charge is 2.46. The van der Waals surface area contributed by atoms with Gasteiger partial charge in [-0.2, -0.15) is 5.10 Å². The number of nitrogens with one attached hydrogen (secondary N) is 1. The predicted octanol–water partition coefficient (Wildman–Crippen LogP) is 2.90. The van der Waals surface area contributed by atoms with Gasteiger partial charge in [-0.25, -0.2) is 33.8 Å². The number of amides is 4. The predicted molar refractivity (Wildman–Crippen MR) is 255 cm³/mol. The first-order valence-electron chi connectivity index (χ1n) is 22.7. The topological polar surface area (TPSA) is 321 Å². The molecule has 7 N–H and O–H groups in total. The lowest BCUT2D eigenvalue weighted by Crippen LogP contribution is -2.70. The number of fused-ring (bicyclic) bond motifs is 2. The average Bonchev–Trinajstić information content (AvgIpc) is 3.84. The van der Waals surface area contributed by atoms with Crippen LogP contribution >= 0.6 is 0 Å². The van der Waals surface area contributed by atoms with Crippen LogP contribution in [0.3, 0.4) is 0 Å². The summed E-state index contributed by atoms with van der Waals surface area (Å²) in [5.74, 6) is -5.06. The quantitative estimate of drug-likeness (QED) is 0.0773. The average molecular weight is 985 g/mol. The van der Waals surface area contributed by atoms with Crippen LogP contribution < -0.4 is 20.7 Å². The Morgan fingerprint density at radius 1 is 0.667 bits per heavy atom. The molecule has 23 nitrogen and oxygen atoms in total. The maximum atomic E-state index is 13.3. The van der Waals surface area contributed by atoms with Crippen LogP contribution in [-0.4, -0.2) is 160 Å². The smallest absolute Gasteiger partial charge is 0.328 e. The third-order valence-corrected chi connectivity index (χ3v) is 12.8. The maximum absolute atomic E-state index is 13.3. The Kier molecular flexibility index (Phi) is 14.8. The number of aromatic nitrogens is 4. The standard InChI is InChI=1S/C41H40N10O5.2C4H4O4/c42-37-35-36(24-6-9-30(10-7-24)56-29-4-2-1-3-5-29)46-51(38(35)44-23-43-37)25-14-16-47(17-15-25)27-19-49(20-27)28-21-48(22-28)26-8-11-31-32(18-26)41(55)50(40(31)54)33-12-13-34(52)45-39(33)53;2*5-3(6)1-2-4(7)8/h1-11,18,23,25,27-28,33H,12-17,19-22H2,(H2,42,43,44)(H,45,52,53);2*1-2H,(H,5,6)(H,7,8)/b;2*2-1-. The minimum absolute atomic E-state index is 0.0958. The number of para-hydroxylation sites is 1. The van der Waals surface area contributed by atoms with Gasteiger partial charge in [0.05, 0.1) is 22.6 Å². The molecule has 23 heteroatoms. The second-order valence-corrected chi connectivity index (χ2v) is 17.3. The molecule has 4 amide bonds. The third-order valence-electron chi connectivity index (χ3n) is 12.8. The molecule has 0 saturated carbocycles. The Labute approximate surface area is 409 Å². The lowest BCUT2D eigenvalue weighted by atomic mass is 9.95. The number of rotatable bonds is 12. The van der Waals surface area contributed by atoms with Crippen LogP contribution in [0.1, 0.15) is 52.4 Å². The van der Waals surface area contributed by atoms with Crippen molar-refractivity contribution < 1.29 is 63.5 Å². The maximum Gasteiger partial charge on any atom is 0.328 e. The molecule has 0 spiro atoms. The van der Waals surface area contributed by atoms with Crippen LogP contribution in [0.4, 0.5) is 11.5 Å². The van der Waals surface area contributed by atoms with Crippen LogP contribution in [-0.2, 0) is 28.8 Å². The Hall–Kier alpha value is -8.83. The summed E-state index contributed by atoms with van der Waals surface area (Å²) in [5, 5.41) is 39.4. The second-order valence-electron chi connectivity index (χ2n) is 17.3. The van der Waals surface area contributed by atoms with Gasteiger partial charge in [0.1, 0.15) is 35.4 Å². The Morgan fingerprint density at radius 3 is 1.85 bits per heavy atom. The van der Waals surface area contributed by atoms with Gasteiger partial charge in [0, 0.05) is 93.3 Å². The molecule has 7 heterocycles. The number of carbonyl (C=O) groups excluding carboxylic acids is 4. The van der Waals surface area contributed by atoms with Crippen molar-refractivity contribution in [2.45, 2.75) is 49.9 Å². The van der Waals surface area contributed by atoms with Gasteiger partial charge in [0.25, 0.3) is 11.8 Å². The highest BCUT2D eigenvalue weighted by atomic mass is 16.5. The third kappa shape index (κ3) is 11.1. The molecular weight excluding hydrogens is 937 g/mol. The number of carboxylic acid groups (broad SMARTS) is 4. The van der Waals surface area contributed by atoms with Crippen LogP contribution in [0.2, 0.25) is 0 Å². The first-order chi connectivity index (χ1) is 34.5. The normalized spacial score (nSPS) is 18.7. The summed E-state index contributed by atoms with van der Waals surface area (Å²) in [5.41, 5.74) is 10.4. The number of ether oxygens (including phenoxy) is 1. The van der Waals surface area contributed by atoms with Gasteiger partial charge >= 0.3 is 23.9 Å². The van der Waals surface area contributed by atoms with Crippen LogP contribution in [0.15, 0.2) is 103 Å². The molecule has 4 saturated heterocycles. The van der Waals surface area contributed by atoms with E-state index in [1.807, 2.05) is 60.7 Å². The van der Waals surface area contributed by atoms with Crippen molar-refractivity contribution in [3.05, 3.63) is 115 Å². The van der Waals surface area contributed by atoms with Gasteiger partial charge in [0.15, 0.2) is 5.65 Å². The first-order valence-corrected chi connectivity index (χ1v) is 22.7. The molecule has 5 aromatic rings. The van der Waals surface area contributed by atoms with E-state index in [1.165, 1.54) is 6.33 Å². The molecule has 0 aliphatic carbocycles. The molecular formula is C49H48N10O13. The number of hydrogen-bond donors (Lipinski definition) is 6. The number of piperidine rings is 2. The SMILES string of the molecule is Nc1ncnc2c1c(-c1ccc(Oc3ccccc3)cc1)nn2C1CCN(C2CN(C3CN(c4ccc5c(c4)C(=O)N(C4CCC(=O)NC4=O)C5=O)C3)C2)CC1.O=C(O)/C=C\C(=O)O.O=C(O)/C=C\C(=O)O. The van der Waals surface area contributed by atoms with E-state index in [-0.39, 0.29) is 24.8 Å². The van der Waals surface area contributed by atoms with Crippen LogP contribution in [0.25, 0.3) is 22.3 Å². The Bertz CT molecular complexity index is 2930. The van der Waals surface area contributed by atoms with E-state index >= 15 is 0 Å². The fraction of sp³-hybridized carbons (Fsp3) is 0.286. The fourth-order valence-electron chi connectivity index (χ4n) is 9.11. The fourth-order valence-corrected chi connectivity index (χ4v) is 9.11. The molecule has 4 fully saturated rings. The summed E-state index contributed by atoms with van der Waals surface area (Å²) in [4.78, 5) is 106. The molecule has 5 aliphatic rings. The molecule has 372 valence electrons. The number of benzene rings is 3. The van der Waals surface area contributed by atoms with E-state index in [0.717, 1.165) is 96.5 Å². The minimum atomic E-state index is -1.26. The molecule has 5 aliphatic heterocycles. The zero-order valence-electron chi connectivity index (χ0n) is 38.3. The molecule has 72 heavy (non-hydrogen) atoms. The van der Waals surface area contributed by atoms with E-state index < -0.39 is 47.6 Å². The van der Waals surface area contributed by atoms with Gasteiger partial charge in [0.2, 0.25) is 11.8 Å². The van der Waals surface area contributed by atoms with Gasteiger partial charge in [-0.05, 0) is 73.9 Å². The summed E-state index contributed by atoms with van der Waals surface area (Å²) in [6, 6.07) is 23.0. The van der Waals surface area contributed by atoms with Crippen LogP contribution in [0, 0.1) is 0 Å². The lowest BCUT2D eigenvalue weighted by Gasteiger charge is -2.55. The number of nitrogens with two attached hydrogens (primary N) is 1. The molecule has 0 bridgehead atoms. The first kappa shape index (κ1) is 49.6. The number of hydrogen-bond acceptors (Lipinski definition) is 16. The number of imide groups is 2. The molecule has 3 aromatic carbocycles. The van der Waals surface area contributed by atoms with Crippen molar-refractivity contribution in [3.63, 3.8) is 0 Å². The summed E-state index contributed by atoms with van der Waals surface area (Å²) >= 11 is 0. The Balaban J connectivity index is 0.000000376. The Morgan fingerprint density at radius 2 is 1.25 bits per heavy atom. The summed E-state index contributed by atoms with van der Waals surface area (Å²) in [7, 11) is 0. The number of nitrogen functional groups attached to an aromatic ring is 1. The number of aliphatic carboxylic acids is 4. The molecule has 1 atom stereocenters. The zero-order valence-corrected chi connectivity index (χ0v) is 38.3. The van der Waals surface area contributed by atoms with Crippen molar-refractivity contribution in [2.75, 3.05) is 49.9 Å². The summed E-state index contributed by atoms with van der Waals surface area (Å²) in [6.45, 7) is 5.67.